The van der Waals surface area contributed by atoms with Crippen molar-refractivity contribution >= 4 is 21.1 Å². The molecule has 4 rings (SSSR count). The van der Waals surface area contributed by atoms with E-state index in [1.54, 1.807) is 6.07 Å². The molecule has 0 N–H and O–H groups in total. The number of ether oxygens (including phenoxy) is 1. The standard InChI is InChI=1S/C17H16N2O3S/c1-23(20,21)19-14-8-4-3-7-13(14)18-17(19)16-11-10-12-6-2-5-9-15(12)22-16/h2-9,16H,10-11H2,1H3. The van der Waals surface area contributed by atoms with Gasteiger partial charge in [-0.1, -0.05) is 30.3 Å². The first-order valence-corrected chi connectivity index (χ1v) is 9.31. The monoisotopic (exact) mass is 328 g/mol. The summed E-state index contributed by atoms with van der Waals surface area (Å²) in [6, 6.07) is 15.1. The molecule has 1 aliphatic heterocycles. The number of nitrogens with zero attached hydrogens (tertiary/aromatic N) is 2. The minimum absolute atomic E-state index is 0.368. The Morgan fingerprint density at radius 2 is 1.87 bits per heavy atom. The van der Waals surface area contributed by atoms with Gasteiger partial charge in [-0.25, -0.2) is 17.4 Å². The van der Waals surface area contributed by atoms with Crippen LogP contribution in [0, 0.1) is 0 Å². The Kier molecular flexibility index (Phi) is 3.16. The third kappa shape index (κ3) is 2.39. The van der Waals surface area contributed by atoms with Crippen LogP contribution in [0.4, 0.5) is 0 Å². The van der Waals surface area contributed by atoms with Crippen molar-refractivity contribution in [3.8, 4) is 5.75 Å². The molecule has 23 heavy (non-hydrogen) atoms. The number of para-hydroxylation sites is 3. The van der Waals surface area contributed by atoms with E-state index in [4.69, 9.17) is 4.74 Å². The number of fused-ring (bicyclic) bond motifs is 2. The van der Waals surface area contributed by atoms with E-state index in [1.807, 2.05) is 42.5 Å². The molecule has 5 nitrogen and oxygen atoms in total. The molecule has 0 bridgehead atoms. The summed E-state index contributed by atoms with van der Waals surface area (Å²) in [5.41, 5.74) is 2.40. The Hall–Kier alpha value is -2.34. The predicted molar refractivity (Wildman–Crippen MR) is 88.1 cm³/mol. The summed E-state index contributed by atoms with van der Waals surface area (Å²) < 4.78 is 31.9. The van der Waals surface area contributed by atoms with E-state index in [9.17, 15) is 8.42 Å². The smallest absolute Gasteiger partial charge is 0.237 e. The first-order valence-electron chi connectivity index (χ1n) is 7.46. The van der Waals surface area contributed by atoms with Crippen LogP contribution in [0.1, 0.15) is 23.9 Å². The van der Waals surface area contributed by atoms with Gasteiger partial charge in [0.2, 0.25) is 10.0 Å². The Balaban J connectivity index is 1.87. The largest absolute Gasteiger partial charge is 0.482 e. The summed E-state index contributed by atoms with van der Waals surface area (Å²) in [7, 11) is -3.47. The Labute approximate surface area is 134 Å². The molecule has 2 heterocycles. The molecule has 1 aromatic heterocycles. The Bertz CT molecular complexity index is 992. The number of aryl methyl sites for hydroxylation is 1. The zero-order valence-corrected chi connectivity index (χ0v) is 13.5. The molecular weight excluding hydrogens is 312 g/mol. The number of aromatic nitrogens is 2. The maximum Gasteiger partial charge on any atom is 0.237 e. The van der Waals surface area contributed by atoms with Crippen LogP contribution < -0.4 is 4.74 Å². The molecule has 1 unspecified atom stereocenters. The molecular formula is C17H16N2O3S. The molecule has 0 radical (unpaired) electrons. The first-order chi connectivity index (χ1) is 11.0. The van der Waals surface area contributed by atoms with Gasteiger partial charge in [0.25, 0.3) is 0 Å². The Morgan fingerprint density at radius 1 is 1.13 bits per heavy atom. The fourth-order valence-corrected chi connectivity index (χ4v) is 4.09. The van der Waals surface area contributed by atoms with E-state index >= 15 is 0 Å². The Morgan fingerprint density at radius 3 is 2.70 bits per heavy atom. The summed E-state index contributed by atoms with van der Waals surface area (Å²) in [6.07, 6.45) is 2.37. The number of rotatable bonds is 2. The lowest BCUT2D eigenvalue weighted by molar-refractivity contribution is 0.167. The summed E-state index contributed by atoms with van der Waals surface area (Å²) in [6.45, 7) is 0. The van der Waals surface area contributed by atoms with Gasteiger partial charge in [-0.2, -0.15) is 0 Å². The average Bonchev–Trinajstić information content (AvgIpc) is 2.94. The first kappa shape index (κ1) is 14.3. The number of hydrogen-bond donors (Lipinski definition) is 0. The molecule has 1 aliphatic rings. The highest BCUT2D eigenvalue weighted by atomic mass is 32.2. The van der Waals surface area contributed by atoms with Crippen molar-refractivity contribution < 1.29 is 13.2 Å². The van der Waals surface area contributed by atoms with Crippen molar-refractivity contribution in [3.63, 3.8) is 0 Å². The van der Waals surface area contributed by atoms with Crippen LogP contribution in [0.15, 0.2) is 48.5 Å². The van der Waals surface area contributed by atoms with E-state index in [-0.39, 0.29) is 6.10 Å². The highest BCUT2D eigenvalue weighted by Gasteiger charge is 2.29. The van der Waals surface area contributed by atoms with Gasteiger partial charge in [0.1, 0.15) is 5.75 Å². The van der Waals surface area contributed by atoms with Crippen LogP contribution in [0.3, 0.4) is 0 Å². The lowest BCUT2D eigenvalue weighted by Gasteiger charge is -2.25. The zero-order valence-electron chi connectivity index (χ0n) is 12.6. The third-order valence-corrected chi connectivity index (χ3v) is 5.13. The second-order valence-electron chi connectivity index (χ2n) is 5.74. The van der Waals surface area contributed by atoms with E-state index in [0.29, 0.717) is 23.3 Å². The zero-order chi connectivity index (χ0) is 16.0. The van der Waals surface area contributed by atoms with E-state index < -0.39 is 10.0 Å². The van der Waals surface area contributed by atoms with Gasteiger partial charge >= 0.3 is 0 Å². The summed E-state index contributed by atoms with van der Waals surface area (Å²) in [5.74, 6) is 1.25. The van der Waals surface area contributed by atoms with Gasteiger partial charge < -0.3 is 4.74 Å². The fraction of sp³-hybridized carbons (Fsp3) is 0.235. The topological polar surface area (TPSA) is 61.2 Å². The van der Waals surface area contributed by atoms with Crippen LogP contribution >= 0.6 is 0 Å². The second-order valence-corrected chi connectivity index (χ2v) is 7.57. The van der Waals surface area contributed by atoms with Gasteiger partial charge in [-0.3, -0.25) is 0 Å². The van der Waals surface area contributed by atoms with E-state index in [0.717, 1.165) is 17.7 Å². The van der Waals surface area contributed by atoms with Crippen molar-refractivity contribution in [2.24, 2.45) is 0 Å². The van der Waals surface area contributed by atoms with Crippen molar-refractivity contribution in [2.75, 3.05) is 6.26 Å². The average molecular weight is 328 g/mol. The molecule has 1 atom stereocenters. The molecule has 118 valence electrons. The molecule has 0 saturated heterocycles. The number of imidazole rings is 1. The number of benzene rings is 2. The molecule has 2 aromatic carbocycles. The molecule has 0 spiro atoms. The maximum atomic E-state index is 12.3. The molecule has 0 fully saturated rings. The van der Waals surface area contributed by atoms with Gasteiger partial charge in [0, 0.05) is 0 Å². The third-order valence-electron chi connectivity index (χ3n) is 4.08. The van der Waals surface area contributed by atoms with Crippen molar-refractivity contribution in [3.05, 3.63) is 59.9 Å². The van der Waals surface area contributed by atoms with Crippen LogP contribution in [0.25, 0.3) is 11.0 Å². The lowest BCUT2D eigenvalue weighted by Crippen LogP contribution is -2.22. The van der Waals surface area contributed by atoms with Crippen LogP contribution in [0.2, 0.25) is 0 Å². The van der Waals surface area contributed by atoms with Gasteiger partial charge in [0.05, 0.1) is 17.3 Å². The van der Waals surface area contributed by atoms with Gasteiger partial charge in [0.15, 0.2) is 11.9 Å². The molecule has 6 heteroatoms. The molecule has 0 amide bonds. The normalized spacial score (nSPS) is 17.7. The summed E-state index contributed by atoms with van der Waals surface area (Å²) >= 11 is 0. The SMILES string of the molecule is CS(=O)(=O)n1c(C2CCc3ccccc3O2)nc2ccccc21. The summed E-state index contributed by atoms with van der Waals surface area (Å²) in [4.78, 5) is 4.53. The molecule has 0 saturated carbocycles. The van der Waals surface area contributed by atoms with Crippen LogP contribution in [0.5, 0.6) is 5.75 Å². The van der Waals surface area contributed by atoms with Crippen LogP contribution in [-0.4, -0.2) is 23.6 Å². The lowest BCUT2D eigenvalue weighted by atomic mass is 10.0. The van der Waals surface area contributed by atoms with Gasteiger partial charge in [-0.05, 0) is 36.6 Å². The highest BCUT2D eigenvalue weighted by molar-refractivity contribution is 7.89. The van der Waals surface area contributed by atoms with E-state index in [2.05, 4.69) is 4.98 Å². The fourth-order valence-electron chi connectivity index (χ4n) is 3.08. The molecule has 0 aliphatic carbocycles. The maximum absolute atomic E-state index is 12.3. The van der Waals surface area contributed by atoms with Crippen molar-refractivity contribution in [1.29, 1.82) is 0 Å². The molecule has 3 aromatic rings. The predicted octanol–water partition coefficient (Wildman–Crippen LogP) is 2.91. The summed E-state index contributed by atoms with van der Waals surface area (Å²) in [5, 5.41) is 0. The van der Waals surface area contributed by atoms with Crippen LogP contribution in [-0.2, 0) is 16.4 Å². The minimum atomic E-state index is -3.47. The quantitative estimate of drug-likeness (QED) is 0.726. The van der Waals surface area contributed by atoms with Crippen molar-refractivity contribution in [1.82, 2.24) is 8.96 Å². The minimum Gasteiger partial charge on any atom is -0.482 e. The highest BCUT2D eigenvalue weighted by Crippen LogP contribution is 2.35. The number of hydrogen-bond acceptors (Lipinski definition) is 4. The van der Waals surface area contributed by atoms with Gasteiger partial charge in [-0.15, -0.1) is 0 Å². The second kappa shape index (κ2) is 5.09. The van der Waals surface area contributed by atoms with Crippen molar-refractivity contribution in [2.45, 2.75) is 18.9 Å². The van der Waals surface area contributed by atoms with E-state index in [1.165, 1.54) is 10.2 Å².